The van der Waals surface area contributed by atoms with Crippen LogP contribution in [0.3, 0.4) is 0 Å². The van der Waals surface area contributed by atoms with Crippen LogP contribution in [0.4, 0.5) is 16.2 Å². The highest BCUT2D eigenvalue weighted by Crippen LogP contribution is 2.38. The maximum absolute atomic E-state index is 13.2. The lowest BCUT2D eigenvalue weighted by atomic mass is 10.0. The molecule has 1 aliphatic heterocycles. The first-order valence-corrected chi connectivity index (χ1v) is 10.2. The summed E-state index contributed by atoms with van der Waals surface area (Å²) in [4.78, 5) is 34.8. The molecule has 0 spiro atoms. The molecule has 0 saturated carbocycles. The van der Waals surface area contributed by atoms with E-state index in [0.29, 0.717) is 16.9 Å². The minimum atomic E-state index is -0.629. The highest BCUT2D eigenvalue weighted by Gasteiger charge is 2.34. The van der Waals surface area contributed by atoms with E-state index in [9.17, 15) is 9.59 Å². The lowest BCUT2D eigenvalue weighted by molar-refractivity contribution is 0.0218. The second-order valence-electron chi connectivity index (χ2n) is 8.67. The Balaban J connectivity index is 1.76. The standard InChI is InChI=1S/C24H26N4O3/c1-15-12-16(10-11-25-15)21-22(26-17-8-6-5-7-9-17)20-18(27-21)13-28(14-19(20)29)23(30)31-24(2,3)4/h5-12,26-27H,13-14H2,1-4H3. The van der Waals surface area contributed by atoms with Crippen molar-refractivity contribution in [3.8, 4) is 11.3 Å². The first-order valence-electron chi connectivity index (χ1n) is 10.2. The summed E-state index contributed by atoms with van der Waals surface area (Å²) >= 11 is 0. The summed E-state index contributed by atoms with van der Waals surface area (Å²) in [6, 6.07) is 13.6. The number of ketones is 1. The van der Waals surface area contributed by atoms with Crippen LogP contribution in [0.2, 0.25) is 0 Å². The van der Waals surface area contributed by atoms with Gasteiger partial charge in [-0.05, 0) is 52.0 Å². The van der Waals surface area contributed by atoms with Gasteiger partial charge in [-0.3, -0.25) is 14.7 Å². The third-order valence-corrected chi connectivity index (χ3v) is 4.92. The Hall–Kier alpha value is -3.61. The number of nitrogens with zero attached hydrogens (tertiary/aromatic N) is 2. The number of hydrogen-bond acceptors (Lipinski definition) is 5. The largest absolute Gasteiger partial charge is 0.444 e. The van der Waals surface area contributed by atoms with Crippen LogP contribution in [0.15, 0.2) is 48.7 Å². The van der Waals surface area contributed by atoms with E-state index in [2.05, 4.69) is 15.3 Å². The van der Waals surface area contributed by atoms with Crippen LogP contribution in [-0.2, 0) is 11.3 Å². The van der Waals surface area contributed by atoms with Gasteiger partial charge in [0, 0.05) is 28.8 Å². The van der Waals surface area contributed by atoms with Crippen molar-refractivity contribution in [2.45, 2.75) is 39.8 Å². The number of pyridine rings is 1. The molecule has 1 aliphatic rings. The number of para-hydroxylation sites is 1. The van der Waals surface area contributed by atoms with E-state index in [0.717, 1.165) is 22.6 Å². The average molecular weight is 418 g/mol. The normalized spacial score (nSPS) is 13.7. The topological polar surface area (TPSA) is 87.3 Å². The van der Waals surface area contributed by atoms with Crippen LogP contribution >= 0.6 is 0 Å². The van der Waals surface area contributed by atoms with E-state index < -0.39 is 11.7 Å². The number of benzene rings is 1. The van der Waals surface area contributed by atoms with Crippen molar-refractivity contribution in [3.63, 3.8) is 0 Å². The van der Waals surface area contributed by atoms with E-state index in [1.165, 1.54) is 4.90 Å². The second kappa shape index (κ2) is 7.91. The summed E-state index contributed by atoms with van der Waals surface area (Å²) in [5.74, 6) is -0.140. The average Bonchev–Trinajstić information content (AvgIpc) is 3.06. The molecule has 0 saturated heterocycles. The number of rotatable bonds is 3. The molecule has 1 aromatic carbocycles. The molecule has 0 aliphatic carbocycles. The molecule has 0 atom stereocenters. The SMILES string of the molecule is Cc1cc(-c2[nH]c3c(c2Nc2ccccc2)C(=O)CN(C(=O)OC(C)(C)C)C3)ccn1. The Morgan fingerprint density at radius 3 is 2.58 bits per heavy atom. The Kier molecular flexibility index (Phi) is 5.27. The molecule has 2 N–H and O–H groups in total. The van der Waals surface area contributed by atoms with Crippen molar-refractivity contribution < 1.29 is 14.3 Å². The van der Waals surface area contributed by atoms with Gasteiger partial charge in [-0.2, -0.15) is 0 Å². The fraction of sp³-hybridized carbons (Fsp3) is 0.292. The van der Waals surface area contributed by atoms with Crippen molar-refractivity contribution in [1.29, 1.82) is 0 Å². The number of Topliss-reactive ketones (excluding diaryl/α,β-unsaturated/α-hetero) is 1. The van der Waals surface area contributed by atoms with E-state index in [1.54, 1.807) is 6.20 Å². The zero-order valence-electron chi connectivity index (χ0n) is 18.2. The van der Waals surface area contributed by atoms with Gasteiger partial charge in [0.2, 0.25) is 0 Å². The molecule has 0 unspecified atom stereocenters. The van der Waals surface area contributed by atoms with Crippen LogP contribution in [0, 0.1) is 6.92 Å². The number of amides is 1. The van der Waals surface area contributed by atoms with Crippen molar-refractivity contribution in [2.75, 3.05) is 11.9 Å². The quantitative estimate of drug-likeness (QED) is 0.621. The molecule has 3 aromatic rings. The summed E-state index contributed by atoms with van der Waals surface area (Å²) in [5.41, 5.74) is 4.79. The number of aromatic nitrogens is 2. The molecular weight excluding hydrogens is 392 g/mol. The van der Waals surface area contributed by atoms with Gasteiger partial charge >= 0.3 is 6.09 Å². The third-order valence-electron chi connectivity index (χ3n) is 4.92. The summed E-state index contributed by atoms with van der Waals surface area (Å²) < 4.78 is 5.47. The van der Waals surface area contributed by atoms with Gasteiger partial charge in [0.25, 0.3) is 0 Å². The first-order chi connectivity index (χ1) is 14.7. The Labute approximate surface area is 181 Å². The molecule has 1 amide bonds. The maximum Gasteiger partial charge on any atom is 0.411 e. The summed E-state index contributed by atoms with van der Waals surface area (Å²) in [5, 5.41) is 3.40. The van der Waals surface area contributed by atoms with Gasteiger partial charge in [0.1, 0.15) is 5.60 Å². The molecule has 3 heterocycles. The number of H-pyrrole nitrogens is 1. The maximum atomic E-state index is 13.2. The predicted molar refractivity (Wildman–Crippen MR) is 119 cm³/mol. The van der Waals surface area contributed by atoms with E-state index in [1.807, 2.05) is 70.2 Å². The lowest BCUT2D eigenvalue weighted by Crippen LogP contribution is -2.42. The molecule has 31 heavy (non-hydrogen) atoms. The molecule has 160 valence electrons. The molecule has 7 nitrogen and oxygen atoms in total. The molecule has 7 heteroatoms. The smallest absolute Gasteiger partial charge is 0.411 e. The lowest BCUT2D eigenvalue weighted by Gasteiger charge is -2.29. The molecule has 0 fully saturated rings. The number of anilines is 2. The number of aromatic amines is 1. The van der Waals surface area contributed by atoms with Crippen molar-refractivity contribution in [1.82, 2.24) is 14.9 Å². The van der Waals surface area contributed by atoms with E-state index >= 15 is 0 Å². The number of fused-ring (bicyclic) bond motifs is 1. The third kappa shape index (κ3) is 4.45. The van der Waals surface area contributed by atoms with Gasteiger partial charge in [-0.25, -0.2) is 4.79 Å². The number of carbonyl (C=O) groups is 2. The summed E-state index contributed by atoms with van der Waals surface area (Å²) in [7, 11) is 0. The Morgan fingerprint density at radius 1 is 1.16 bits per heavy atom. The number of carbonyl (C=O) groups excluding carboxylic acids is 2. The van der Waals surface area contributed by atoms with Crippen molar-refractivity contribution >= 4 is 23.3 Å². The van der Waals surface area contributed by atoms with Crippen LogP contribution in [0.5, 0.6) is 0 Å². The fourth-order valence-corrected chi connectivity index (χ4v) is 3.64. The van der Waals surface area contributed by atoms with Crippen LogP contribution in [0.25, 0.3) is 11.3 Å². The summed E-state index contributed by atoms with van der Waals surface area (Å²) in [6.45, 7) is 7.58. The van der Waals surface area contributed by atoms with Gasteiger partial charge in [-0.15, -0.1) is 0 Å². The molecule has 0 radical (unpaired) electrons. The number of ether oxygens (including phenoxy) is 1. The second-order valence-corrected chi connectivity index (χ2v) is 8.67. The van der Waals surface area contributed by atoms with Gasteiger partial charge < -0.3 is 15.0 Å². The van der Waals surface area contributed by atoms with Crippen molar-refractivity contribution in [2.24, 2.45) is 0 Å². The number of nitrogens with one attached hydrogen (secondary N) is 2. The minimum absolute atomic E-state index is 0.0297. The first kappa shape index (κ1) is 20.7. The summed E-state index contributed by atoms with van der Waals surface area (Å²) in [6.07, 6.45) is 1.24. The predicted octanol–water partition coefficient (Wildman–Crippen LogP) is 5.06. The van der Waals surface area contributed by atoms with Gasteiger partial charge in [0.05, 0.1) is 30.0 Å². The molecular formula is C24H26N4O3. The van der Waals surface area contributed by atoms with Gasteiger partial charge in [0.15, 0.2) is 5.78 Å². The van der Waals surface area contributed by atoms with Gasteiger partial charge in [-0.1, -0.05) is 18.2 Å². The minimum Gasteiger partial charge on any atom is -0.444 e. The zero-order valence-corrected chi connectivity index (χ0v) is 18.2. The monoisotopic (exact) mass is 418 g/mol. The molecule has 4 rings (SSSR count). The highest BCUT2D eigenvalue weighted by molar-refractivity contribution is 6.09. The fourth-order valence-electron chi connectivity index (χ4n) is 3.64. The molecule has 0 bridgehead atoms. The van der Waals surface area contributed by atoms with Crippen LogP contribution < -0.4 is 5.32 Å². The van der Waals surface area contributed by atoms with Crippen LogP contribution in [0.1, 0.15) is 42.5 Å². The zero-order chi connectivity index (χ0) is 22.2. The van der Waals surface area contributed by atoms with E-state index in [4.69, 9.17) is 4.74 Å². The van der Waals surface area contributed by atoms with Crippen molar-refractivity contribution in [3.05, 3.63) is 65.6 Å². The number of hydrogen-bond donors (Lipinski definition) is 2. The van der Waals surface area contributed by atoms with E-state index in [-0.39, 0.29) is 18.9 Å². The molecule has 2 aromatic heterocycles. The highest BCUT2D eigenvalue weighted by atomic mass is 16.6. The Morgan fingerprint density at radius 2 is 1.90 bits per heavy atom. The van der Waals surface area contributed by atoms with Crippen LogP contribution in [-0.4, -0.2) is 38.9 Å². The Bertz CT molecular complexity index is 1130. The number of aryl methyl sites for hydroxylation is 1.